The van der Waals surface area contributed by atoms with Gasteiger partial charge in [-0.25, -0.2) is 0 Å². The number of nitro benzene ring substituents is 1. The van der Waals surface area contributed by atoms with Crippen LogP contribution in [0, 0.1) is 10.1 Å². The van der Waals surface area contributed by atoms with Gasteiger partial charge >= 0.3 is 0 Å². The summed E-state index contributed by atoms with van der Waals surface area (Å²) in [4.78, 5) is 25.3. The molecule has 2 aliphatic heterocycles. The Morgan fingerprint density at radius 2 is 2.12 bits per heavy atom. The molecule has 2 N–H and O–H groups in total. The molecule has 0 atom stereocenters. The Kier molecular flexibility index (Phi) is 5.10. The zero-order chi connectivity index (χ0) is 16.9. The summed E-state index contributed by atoms with van der Waals surface area (Å²) in [6, 6.07) is 4.76. The van der Waals surface area contributed by atoms with Gasteiger partial charge in [0.25, 0.3) is 11.6 Å². The number of hydrogen-bond acceptors (Lipinski definition) is 5. The fourth-order valence-electron chi connectivity index (χ4n) is 3.16. The normalized spacial score (nSPS) is 17.5. The van der Waals surface area contributed by atoms with Crippen molar-refractivity contribution in [1.82, 2.24) is 10.6 Å². The Hall–Kier alpha value is -2.41. The summed E-state index contributed by atoms with van der Waals surface area (Å²) in [5.41, 5.74) is 2.13. The zero-order valence-electron chi connectivity index (χ0n) is 13.6. The molecule has 0 radical (unpaired) electrons. The predicted molar refractivity (Wildman–Crippen MR) is 92.4 cm³/mol. The first-order valence-corrected chi connectivity index (χ1v) is 8.35. The number of amides is 1. The minimum absolute atomic E-state index is 0.00521. The van der Waals surface area contributed by atoms with Gasteiger partial charge < -0.3 is 15.5 Å². The van der Waals surface area contributed by atoms with E-state index >= 15 is 0 Å². The molecule has 0 aliphatic carbocycles. The predicted octanol–water partition coefficient (Wildman–Crippen LogP) is 1.84. The highest BCUT2D eigenvalue weighted by Gasteiger charge is 2.23. The highest BCUT2D eigenvalue weighted by molar-refractivity contribution is 5.96. The maximum Gasteiger partial charge on any atom is 0.293 e. The van der Waals surface area contributed by atoms with E-state index < -0.39 is 4.92 Å². The molecule has 1 aromatic rings. The summed E-state index contributed by atoms with van der Waals surface area (Å²) in [5, 5.41) is 17.5. The number of nitrogens with zero attached hydrogens (tertiary/aromatic N) is 2. The average molecular weight is 330 g/mol. The first-order valence-electron chi connectivity index (χ1n) is 8.35. The van der Waals surface area contributed by atoms with Crippen LogP contribution in [-0.2, 0) is 0 Å². The van der Waals surface area contributed by atoms with Crippen LogP contribution in [0.4, 0.5) is 11.4 Å². The number of carbonyl (C=O) groups is 1. The molecule has 1 amide bonds. The molecule has 2 heterocycles. The fourth-order valence-corrected chi connectivity index (χ4v) is 3.16. The number of anilines is 1. The quantitative estimate of drug-likeness (QED) is 0.489. The molecule has 1 saturated heterocycles. The van der Waals surface area contributed by atoms with Crippen molar-refractivity contribution in [1.29, 1.82) is 0 Å². The molecular formula is C17H22N4O3. The number of rotatable bonds is 5. The lowest BCUT2D eigenvalue weighted by Crippen LogP contribution is -2.29. The second-order valence-corrected chi connectivity index (χ2v) is 6.15. The van der Waals surface area contributed by atoms with Crippen molar-refractivity contribution in [3.05, 3.63) is 45.5 Å². The molecule has 0 unspecified atom stereocenters. The summed E-state index contributed by atoms with van der Waals surface area (Å²) in [7, 11) is 0. The number of hydrogen-bond donors (Lipinski definition) is 2. The number of nitro groups is 1. The molecule has 0 bridgehead atoms. The summed E-state index contributed by atoms with van der Waals surface area (Å²) >= 11 is 0. The highest BCUT2D eigenvalue weighted by atomic mass is 16.6. The van der Waals surface area contributed by atoms with Crippen LogP contribution in [0.2, 0.25) is 0 Å². The lowest BCUT2D eigenvalue weighted by Gasteiger charge is -2.18. The summed E-state index contributed by atoms with van der Waals surface area (Å²) in [6.45, 7) is 3.88. The molecule has 0 aromatic heterocycles. The molecule has 7 heteroatoms. The van der Waals surface area contributed by atoms with Crippen molar-refractivity contribution in [3.63, 3.8) is 0 Å². The lowest BCUT2D eigenvalue weighted by molar-refractivity contribution is -0.384. The standard InChI is InChI=1S/C17H22N4O3/c22-17(19-12-13-5-7-18-8-6-13)14-3-4-15(16(11-14)21(23)24)20-9-1-2-10-20/h3-5,11,18H,1-2,6-10,12H2,(H,19,22). The monoisotopic (exact) mass is 330 g/mol. The first-order chi connectivity index (χ1) is 11.6. The van der Waals surface area contributed by atoms with Gasteiger partial charge in [-0.05, 0) is 37.9 Å². The van der Waals surface area contributed by atoms with Gasteiger partial charge in [0.05, 0.1) is 4.92 Å². The second-order valence-electron chi connectivity index (χ2n) is 6.15. The Morgan fingerprint density at radius 3 is 2.79 bits per heavy atom. The van der Waals surface area contributed by atoms with Gasteiger partial charge in [0.15, 0.2) is 0 Å². The van der Waals surface area contributed by atoms with E-state index in [0.717, 1.165) is 45.4 Å². The second kappa shape index (κ2) is 7.44. The SMILES string of the molecule is O=C(NCC1=CCNCC1)c1ccc(N2CCCC2)c([N+](=O)[O-])c1. The maximum absolute atomic E-state index is 12.3. The Balaban J connectivity index is 1.72. The van der Waals surface area contributed by atoms with E-state index in [1.807, 2.05) is 4.90 Å². The molecule has 1 aromatic carbocycles. The van der Waals surface area contributed by atoms with E-state index in [9.17, 15) is 14.9 Å². The summed E-state index contributed by atoms with van der Waals surface area (Å²) in [6.07, 6.45) is 5.07. The van der Waals surface area contributed by atoms with E-state index in [4.69, 9.17) is 0 Å². The van der Waals surface area contributed by atoms with Crippen molar-refractivity contribution in [2.75, 3.05) is 37.6 Å². The average Bonchev–Trinajstić information content (AvgIpc) is 3.14. The van der Waals surface area contributed by atoms with Crippen molar-refractivity contribution < 1.29 is 9.72 Å². The molecule has 0 spiro atoms. The van der Waals surface area contributed by atoms with Gasteiger partial charge in [-0.1, -0.05) is 11.6 Å². The van der Waals surface area contributed by atoms with Crippen LogP contribution in [0.3, 0.4) is 0 Å². The van der Waals surface area contributed by atoms with Gasteiger partial charge in [0, 0.05) is 37.8 Å². The number of benzene rings is 1. The topological polar surface area (TPSA) is 87.5 Å². The fraction of sp³-hybridized carbons (Fsp3) is 0.471. The molecule has 128 valence electrons. The minimum atomic E-state index is -0.403. The van der Waals surface area contributed by atoms with Gasteiger partial charge in [-0.2, -0.15) is 0 Å². The molecule has 7 nitrogen and oxygen atoms in total. The van der Waals surface area contributed by atoms with E-state index in [1.165, 1.54) is 11.6 Å². The smallest absolute Gasteiger partial charge is 0.293 e. The van der Waals surface area contributed by atoms with Crippen LogP contribution >= 0.6 is 0 Å². The largest absolute Gasteiger partial charge is 0.366 e. The van der Waals surface area contributed by atoms with E-state index in [-0.39, 0.29) is 11.6 Å². The summed E-state index contributed by atoms with van der Waals surface area (Å²) in [5.74, 6) is -0.273. The molecule has 1 fully saturated rings. The van der Waals surface area contributed by atoms with Gasteiger partial charge in [0.1, 0.15) is 5.69 Å². The Bertz CT molecular complexity index is 666. The Morgan fingerprint density at radius 1 is 1.33 bits per heavy atom. The number of carbonyl (C=O) groups excluding carboxylic acids is 1. The molecule has 24 heavy (non-hydrogen) atoms. The first kappa shape index (κ1) is 16.4. The van der Waals surface area contributed by atoms with Crippen LogP contribution in [0.15, 0.2) is 29.8 Å². The molecule has 3 rings (SSSR count). The Labute approximate surface area is 140 Å². The summed E-state index contributed by atoms with van der Waals surface area (Å²) < 4.78 is 0. The third-order valence-electron chi connectivity index (χ3n) is 4.52. The maximum atomic E-state index is 12.3. The van der Waals surface area contributed by atoms with Gasteiger partial charge in [0.2, 0.25) is 0 Å². The van der Waals surface area contributed by atoms with Crippen molar-refractivity contribution in [2.24, 2.45) is 0 Å². The van der Waals surface area contributed by atoms with Crippen LogP contribution in [0.5, 0.6) is 0 Å². The molecule has 2 aliphatic rings. The number of nitrogens with one attached hydrogen (secondary N) is 2. The van der Waals surface area contributed by atoms with E-state index in [1.54, 1.807) is 12.1 Å². The van der Waals surface area contributed by atoms with Gasteiger partial charge in [-0.15, -0.1) is 0 Å². The lowest BCUT2D eigenvalue weighted by atomic mass is 10.1. The van der Waals surface area contributed by atoms with Crippen LogP contribution in [0.25, 0.3) is 0 Å². The zero-order valence-corrected chi connectivity index (χ0v) is 13.6. The van der Waals surface area contributed by atoms with Crippen molar-refractivity contribution in [2.45, 2.75) is 19.3 Å². The van der Waals surface area contributed by atoms with E-state index in [0.29, 0.717) is 17.8 Å². The third-order valence-corrected chi connectivity index (χ3v) is 4.52. The molecular weight excluding hydrogens is 308 g/mol. The van der Waals surface area contributed by atoms with Crippen LogP contribution < -0.4 is 15.5 Å². The van der Waals surface area contributed by atoms with Gasteiger partial charge in [-0.3, -0.25) is 14.9 Å². The third kappa shape index (κ3) is 3.73. The van der Waals surface area contributed by atoms with Crippen molar-refractivity contribution >= 4 is 17.3 Å². The van der Waals surface area contributed by atoms with Crippen molar-refractivity contribution in [3.8, 4) is 0 Å². The van der Waals surface area contributed by atoms with E-state index in [2.05, 4.69) is 16.7 Å². The highest BCUT2D eigenvalue weighted by Crippen LogP contribution is 2.31. The van der Waals surface area contributed by atoms with Crippen LogP contribution in [0.1, 0.15) is 29.6 Å². The molecule has 0 saturated carbocycles. The van der Waals surface area contributed by atoms with Crippen LogP contribution in [-0.4, -0.2) is 43.6 Å². The minimum Gasteiger partial charge on any atom is -0.366 e.